The molecule has 0 aliphatic carbocycles. The summed E-state index contributed by atoms with van der Waals surface area (Å²) in [6.07, 6.45) is 2.02. The van der Waals surface area contributed by atoms with Crippen LogP contribution in [0.25, 0.3) is 11.1 Å². The summed E-state index contributed by atoms with van der Waals surface area (Å²) in [7, 11) is 3.29. The highest BCUT2D eigenvalue weighted by atomic mass is 16.5. The molecule has 1 aliphatic rings. The van der Waals surface area contributed by atoms with Crippen molar-refractivity contribution in [3.05, 3.63) is 42.0 Å². The number of benzene rings is 2. The van der Waals surface area contributed by atoms with Crippen molar-refractivity contribution < 1.29 is 14.2 Å². The van der Waals surface area contributed by atoms with Crippen LogP contribution in [-0.2, 0) is 6.42 Å². The molecule has 0 radical (unpaired) electrons. The van der Waals surface area contributed by atoms with Crippen molar-refractivity contribution in [2.45, 2.75) is 18.9 Å². The maximum Gasteiger partial charge on any atom is 0.168 e. The molecule has 1 aliphatic heterocycles. The fraction of sp³-hybridized carbons (Fsp3) is 0.333. The number of rotatable bonds is 4. The molecule has 0 fully saturated rings. The molecule has 22 heavy (non-hydrogen) atoms. The first-order valence-corrected chi connectivity index (χ1v) is 7.48. The zero-order chi connectivity index (χ0) is 15.5. The summed E-state index contributed by atoms with van der Waals surface area (Å²) in [5.74, 6) is 2.34. The fourth-order valence-corrected chi connectivity index (χ4v) is 2.94. The van der Waals surface area contributed by atoms with Crippen LogP contribution < -0.4 is 19.9 Å². The summed E-state index contributed by atoms with van der Waals surface area (Å²) in [6, 6.07) is 12.1. The quantitative estimate of drug-likeness (QED) is 0.943. The second-order valence-corrected chi connectivity index (χ2v) is 5.35. The number of methoxy groups -OCH3 is 2. The van der Waals surface area contributed by atoms with Gasteiger partial charge < -0.3 is 19.9 Å². The van der Waals surface area contributed by atoms with Crippen molar-refractivity contribution in [3.8, 4) is 28.4 Å². The van der Waals surface area contributed by atoms with Crippen LogP contribution in [0.5, 0.6) is 17.2 Å². The minimum Gasteiger partial charge on any atom is -0.493 e. The minimum atomic E-state index is 0.0743. The number of para-hydroxylation sites is 2. The summed E-state index contributed by atoms with van der Waals surface area (Å²) in [6.45, 7) is 0.531. The second kappa shape index (κ2) is 6.28. The van der Waals surface area contributed by atoms with Gasteiger partial charge in [-0.3, -0.25) is 0 Å². The van der Waals surface area contributed by atoms with E-state index < -0.39 is 0 Å². The topological polar surface area (TPSA) is 53.7 Å². The van der Waals surface area contributed by atoms with Crippen molar-refractivity contribution in [1.29, 1.82) is 0 Å². The van der Waals surface area contributed by atoms with Crippen molar-refractivity contribution in [1.82, 2.24) is 0 Å². The molecule has 4 heteroatoms. The lowest BCUT2D eigenvalue weighted by Gasteiger charge is -2.27. The summed E-state index contributed by atoms with van der Waals surface area (Å²) in [5, 5.41) is 0. The maximum atomic E-state index is 6.12. The van der Waals surface area contributed by atoms with Gasteiger partial charge in [0.15, 0.2) is 11.5 Å². The van der Waals surface area contributed by atoms with Gasteiger partial charge >= 0.3 is 0 Å². The van der Waals surface area contributed by atoms with E-state index in [1.807, 2.05) is 18.2 Å². The number of hydrogen-bond donors (Lipinski definition) is 1. The molecule has 2 aromatic rings. The summed E-state index contributed by atoms with van der Waals surface area (Å²) in [4.78, 5) is 0. The van der Waals surface area contributed by atoms with E-state index in [-0.39, 0.29) is 6.10 Å². The van der Waals surface area contributed by atoms with Gasteiger partial charge in [-0.1, -0.05) is 30.3 Å². The van der Waals surface area contributed by atoms with Crippen LogP contribution in [-0.4, -0.2) is 26.9 Å². The maximum absolute atomic E-state index is 6.12. The molecule has 2 aromatic carbocycles. The van der Waals surface area contributed by atoms with Crippen molar-refractivity contribution in [2.24, 2.45) is 5.73 Å². The Bertz CT molecular complexity index is 669. The molecule has 0 spiro atoms. The number of hydrogen-bond acceptors (Lipinski definition) is 4. The third-order valence-corrected chi connectivity index (χ3v) is 4.07. The first-order chi connectivity index (χ1) is 10.8. The third kappa shape index (κ3) is 2.50. The average molecular weight is 299 g/mol. The normalized spacial score (nSPS) is 16.6. The predicted molar refractivity (Wildman–Crippen MR) is 86.8 cm³/mol. The SMILES string of the molecule is COc1cccc(-c2cccc3c2O[C@@H](CN)CC3)c1OC. The minimum absolute atomic E-state index is 0.0743. The Morgan fingerprint density at radius 1 is 1.09 bits per heavy atom. The molecule has 0 saturated heterocycles. The standard InChI is InChI=1S/C18H21NO3/c1-20-16-8-4-7-15(18(16)21-2)14-6-3-5-12-9-10-13(11-19)22-17(12)14/h3-8,13H,9-11,19H2,1-2H3/t13-/m1/s1. The van der Waals surface area contributed by atoms with E-state index in [1.54, 1.807) is 14.2 Å². The Labute approximate surface area is 130 Å². The van der Waals surface area contributed by atoms with Gasteiger partial charge in [0, 0.05) is 17.7 Å². The van der Waals surface area contributed by atoms with Crippen molar-refractivity contribution >= 4 is 0 Å². The average Bonchev–Trinajstić information content (AvgIpc) is 2.59. The lowest BCUT2D eigenvalue weighted by atomic mass is 9.95. The van der Waals surface area contributed by atoms with Crippen LogP contribution in [0, 0.1) is 0 Å². The van der Waals surface area contributed by atoms with E-state index in [0.717, 1.165) is 35.5 Å². The highest BCUT2D eigenvalue weighted by molar-refractivity contribution is 5.79. The molecule has 116 valence electrons. The molecule has 4 nitrogen and oxygen atoms in total. The Morgan fingerprint density at radius 2 is 1.86 bits per heavy atom. The van der Waals surface area contributed by atoms with Crippen LogP contribution >= 0.6 is 0 Å². The number of nitrogens with two attached hydrogens (primary N) is 1. The van der Waals surface area contributed by atoms with Crippen molar-refractivity contribution in [2.75, 3.05) is 20.8 Å². The Balaban J connectivity index is 2.14. The van der Waals surface area contributed by atoms with Gasteiger partial charge in [0.2, 0.25) is 0 Å². The third-order valence-electron chi connectivity index (χ3n) is 4.07. The Hall–Kier alpha value is -2.20. The number of fused-ring (bicyclic) bond motifs is 1. The molecule has 0 unspecified atom stereocenters. The van der Waals surface area contributed by atoms with E-state index in [9.17, 15) is 0 Å². The summed E-state index contributed by atoms with van der Waals surface area (Å²) < 4.78 is 17.1. The van der Waals surface area contributed by atoms with Gasteiger partial charge in [-0.2, -0.15) is 0 Å². The first-order valence-electron chi connectivity index (χ1n) is 7.48. The number of ether oxygens (including phenoxy) is 3. The molecule has 1 atom stereocenters. The summed E-state index contributed by atoms with van der Waals surface area (Å²) in [5.41, 5.74) is 8.98. The van der Waals surface area contributed by atoms with E-state index in [0.29, 0.717) is 12.3 Å². The van der Waals surface area contributed by atoms with E-state index in [4.69, 9.17) is 19.9 Å². The van der Waals surface area contributed by atoms with Crippen LogP contribution in [0.2, 0.25) is 0 Å². The van der Waals surface area contributed by atoms with Crippen LogP contribution in [0.4, 0.5) is 0 Å². The zero-order valence-corrected chi connectivity index (χ0v) is 13.0. The molecular weight excluding hydrogens is 278 g/mol. The first kappa shape index (κ1) is 14.7. The van der Waals surface area contributed by atoms with Crippen LogP contribution in [0.15, 0.2) is 36.4 Å². The van der Waals surface area contributed by atoms with Gasteiger partial charge in [0.1, 0.15) is 11.9 Å². The molecule has 3 rings (SSSR count). The zero-order valence-electron chi connectivity index (χ0n) is 13.0. The van der Waals surface area contributed by atoms with E-state index in [2.05, 4.69) is 18.2 Å². The van der Waals surface area contributed by atoms with Crippen molar-refractivity contribution in [3.63, 3.8) is 0 Å². The van der Waals surface area contributed by atoms with Crippen LogP contribution in [0.1, 0.15) is 12.0 Å². The molecule has 0 amide bonds. The second-order valence-electron chi connectivity index (χ2n) is 5.35. The van der Waals surface area contributed by atoms with Gasteiger partial charge in [-0.15, -0.1) is 0 Å². The summed E-state index contributed by atoms with van der Waals surface area (Å²) >= 11 is 0. The van der Waals surface area contributed by atoms with Crippen LogP contribution in [0.3, 0.4) is 0 Å². The Kier molecular flexibility index (Phi) is 4.20. The lowest BCUT2D eigenvalue weighted by molar-refractivity contribution is 0.182. The molecule has 1 heterocycles. The highest BCUT2D eigenvalue weighted by Crippen LogP contribution is 2.44. The molecule has 0 bridgehead atoms. The monoisotopic (exact) mass is 299 g/mol. The largest absolute Gasteiger partial charge is 0.493 e. The van der Waals surface area contributed by atoms with E-state index >= 15 is 0 Å². The van der Waals surface area contributed by atoms with Gasteiger partial charge in [-0.05, 0) is 24.5 Å². The lowest BCUT2D eigenvalue weighted by Crippen LogP contribution is -2.30. The van der Waals surface area contributed by atoms with Gasteiger partial charge in [0.05, 0.1) is 14.2 Å². The Morgan fingerprint density at radius 3 is 2.59 bits per heavy atom. The van der Waals surface area contributed by atoms with Gasteiger partial charge in [-0.25, -0.2) is 0 Å². The molecular formula is C18H21NO3. The van der Waals surface area contributed by atoms with Gasteiger partial charge in [0.25, 0.3) is 0 Å². The fourth-order valence-electron chi connectivity index (χ4n) is 2.94. The molecule has 0 aromatic heterocycles. The predicted octanol–water partition coefficient (Wildman–Crippen LogP) is 3.02. The molecule has 0 saturated carbocycles. The highest BCUT2D eigenvalue weighted by Gasteiger charge is 2.23. The number of aryl methyl sites for hydroxylation is 1. The molecule has 2 N–H and O–H groups in total. The smallest absolute Gasteiger partial charge is 0.168 e. The van der Waals surface area contributed by atoms with E-state index in [1.165, 1.54) is 5.56 Å².